The number of fused-ring (bicyclic) bond motifs is 6. The highest BCUT2D eigenvalue weighted by molar-refractivity contribution is 7.26. The minimum atomic E-state index is -0.676. The van der Waals surface area contributed by atoms with Crippen molar-refractivity contribution < 1.29 is 15.1 Å². The molecule has 0 saturated carbocycles. The third-order valence-corrected chi connectivity index (χ3v) is 11.1. The fourth-order valence-corrected chi connectivity index (χ4v) is 8.52. The van der Waals surface area contributed by atoms with Gasteiger partial charge < -0.3 is 4.57 Å². The van der Waals surface area contributed by atoms with E-state index in [2.05, 4.69) is 18.2 Å². The lowest BCUT2D eigenvalue weighted by Crippen LogP contribution is -2.04. The van der Waals surface area contributed by atoms with E-state index in [0.717, 1.165) is 42.4 Å². The number of thiophene rings is 1. The van der Waals surface area contributed by atoms with Crippen molar-refractivity contribution in [2.45, 2.75) is 0 Å². The molecule has 262 valence electrons. The van der Waals surface area contributed by atoms with Gasteiger partial charge >= 0.3 is 0 Å². The molecule has 0 fully saturated rings. The first kappa shape index (κ1) is 22.9. The van der Waals surface area contributed by atoms with Crippen LogP contribution in [0.3, 0.4) is 0 Å². The Kier molecular flexibility index (Phi) is 5.42. The maximum absolute atomic E-state index is 9.74. The molecular formula is C51H32N4S. The second-order valence-electron chi connectivity index (χ2n) is 13.1. The highest BCUT2D eigenvalue weighted by atomic mass is 32.1. The van der Waals surface area contributed by atoms with Crippen molar-refractivity contribution in [2.75, 3.05) is 0 Å². The Morgan fingerprint density at radius 1 is 0.429 bits per heavy atom. The Morgan fingerprint density at radius 3 is 1.91 bits per heavy atom. The van der Waals surface area contributed by atoms with Crippen molar-refractivity contribution in [3.05, 3.63) is 194 Å². The molecule has 56 heavy (non-hydrogen) atoms. The molecule has 0 atom stereocenters. The van der Waals surface area contributed by atoms with Crippen LogP contribution in [0, 0.1) is 0 Å². The van der Waals surface area contributed by atoms with E-state index < -0.39 is 59.5 Å². The largest absolute Gasteiger partial charge is 0.309 e. The molecular weight excluding hydrogens is 701 g/mol. The molecule has 3 aromatic heterocycles. The van der Waals surface area contributed by atoms with Gasteiger partial charge in [-0.2, -0.15) is 0 Å². The van der Waals surface area contributed by atoms with Crippen molar-refractivity contribution >= 4 is 53.3 Å². The predicted molar refractivity (Wildman–Crippen MR) is 234 cm³/mol. The molecule has 0 saturated heterocycles. The Labute approximate surface area is 343 Å². The molecule has 0 radical (unpaired) electrons. The van der Waals surface area contributed by atoms with Gasteiger partial charge in [-0.1, -0.05) is 158 Å². The van der Waals surface area contributed by atoms with E-state index in [4.69, 9.17) is 23.2 Å². The van der Waals surface area contributed by atoms with Crippen molar-refractivity contribution in [1.29, 1.82) is 0 Å². The molecule has 0 aliphatic rings. The Hall–Kier alpha value is -7.21. The van der Waals surface area contributed by atoms with Crippen LogP contribution in [0.25, 0.3) is 104 Å². The average Bonchev–Trinajstić information content (AvgIpc) is 3.93. The van der Waals surface area contributed by atoms with Crippen LogP contribution >= 0.6 is 11.3 Å². The number of hydrogen-bond acceptors (Lipinski definition) is 4. The maximum atomic E-state index is 9.74. The summed E-state index contributed by atoms with van der Waals surface area (Å²) in [4.78, 5) is 15.1. The van der Waals surface area contributed by atoms with E-state index in [1.807, 2.05) is 97.1 Å². The summed E-state index contributed by atoms with van der Waals surface area (Å²) in [7, 11) is 0. The first-order valence-electron chi connectivity index (χ1n) is 23.4. The molecule has 0 N–H and O–H groups in total. The number of para-hydroxylation sites is 1. The van der Waals surface area contributed by atoms with Gasteiger partial charge in [-0.3, -0.25) is 0 Å². The first-order valence-corrected chi connectivity index (χ1v) is 18.7. The standard InChI is InChI=1S/C51H32N4S/c1-4-15-33(16-5-1)36-27-29-45-42(31-36)39-21-10-12-25-44(39)55(45)46-30-28-37(38-23-14-24-41-40-22-11-13-26-47(40)56-48(38)41)32-43(46)51-53-49(34-17-6-2-7-18-34)52-50(54-51)35-19-8-3-9-20-35/h1-32H/i1D,4D,5D,10D,15D,16D,21D,25D,27D,29D,31D. The van der Waals surface area contributed by atoms with Gasteiger partial charge in [0, 0.05) is 47.6 Å². The Bertz CT molecular complexity index is 3810. The maximum Gasteiger partial charge on any atom is 0.166 e. The molecule has 11 aromatic rings. The quantitative estimate of drug-likeness (QED) is 0.170. The summed E-state index contributed by atoms with van der Waals surface area (Å²) < 4.78 is 103. The van der Waals surface area contributed by atoms with Crippen LogP contribution in [-0.2, 0) is 0 Å². The van der Waals surface area contributed by atoms with Gasteiger partial charge in [0.05, 0.1) is 31.8 Å². The van der Waals surface area contributed by atoms with Crippen LogP contribution in [-0.4, -0.2) is 19.5 Å². The molecule has 0 unspecified atom stereocenters. The fourth-order valence-electron chi connectivity index (χ4n) is 7.28. The molecule has 0 aliphatic carbocycles. The van der Waals surface area contributed by atoms with Gasteiger partial charge in [-0.05, 0) is 58.6 Å². The summed E-state index contributed by atoms with van der Waals surface area (Å²) >= 11 is 1.67. The van der Waals surface area contributed by atoms with Crippen molar-refractivity contribution in [3.8, 4) is 62.1 Å². The number of hydrogen-bond donors (Lipinski definition) is 0. The second-order valence-corrected chi connectivity index (χ2v) is 14.2. The van der Waals surface area contributed by atoms with Crippen LogP contribution in [0.1, 0.15) is 15.1 Å². The van der Waals surface area contributed by atoms with Gasteiger partial charge in [-0.15, -0.1) is 11.3 Å². The number of rotatable bonds is 6. The number of benzene rings is 8. The van der Waals surface area contributed by atoms with E-state index in [0.29, 0.717) is 22.9 Å². The van der Waals surface area contributed by atoms with Crippen LogP contribution in [0.5, 0.6) is 0 Å². The fraction of sp³-hybridized carbons (Fsp3) is 0. The second kappa shape index (κ2) is 13.3. The summed E-state index contributed by atoms with van der Waals surface area (Å²) in [5.74, 6) is 0.959. The number of aromatic nitrogens is 4. The van der Waals surface area contributed by atoms with E-state index in [9.17, 15) is 6.85 Å². The van der Waals surface area contributed by atoms with Gasteiger partial charge in [0.15, 0.2) is 17.5 Å². The minimum Gasteiger partial charge on any atom is -0.309 e. The van der Waals surface area contributed by atoms with E-state index in [-0.39, 0.29) is 45.8 Å². The molecule has 0 aliphatic heterocycles. The van der Waals surface area contributed by atoms with Gasteiger partial charge in [0.2, 0.25) is 0 Å². The van der Waals surface area contributed by atoms with Gasteiger partial charge in [0.25, 0.3) is 0 Å². The normalized spacial score (nSPS) is 14.3. The highest BCUT2D eigenvalue weighted by Gasteiger charge is 2.21. The lowest BCUT2D eigenvalue weighted by atomic mass is 9.99. The molecule has 0 amide bonds. The molecule has 5 heteroatoms. The third-order valence-electron chi connectivity index (χ3n) is 9.85. The summed E-state index contributed by atoms with van der Waals surface area (Å²) in [5, 5.41) is 2.06. The van der Waals surface area contributed by atoms with Crippen molar-refractivity contribution in [1.82, 2.24) is 19.5 Å². The molecule has 0 bridgehead atoms. The van der Waals surface area contributed by atoms with Crippen LogP contribution in [0.15, 0.2) is 194 Å². The molecule has 11 rings (SSSR count). The van der Waals surface area contributed by atoms with Crippen LogP contribution in [0.2, 0.25) is 0 Å². The summed E-state index contributed by atoms with van der Waals surface area (Å²) in [6.07, 6.45) is 0. The predicted octanol–water partition coefficient (Wildman–Crippen LogP) is 13.7. The molecule has 8 aromatic carbocycles. The monoisotopic (exact) mass is 743 g/mol. The van der Waals surface area contributed by atoms with Gasteiger partial charge in [-0.25, -0.2) is 15.0 Å². The molecule has 4 nitrogen and oxygen atoms in total. The summed E-state index contributed by atoms with van der Waals surface area (Å²) in [6, 6.07) is 34.3. The highest BCUT2D eigenvalue weighted by Crippen LogP contribution is 2.43. The zero-order chi connectivity index (χ0) is 46.6. The lowest BCUT2D eigenvalue weighted by molar-refractivity contribution is 1.06. The Balaban J connectivity index is 1.29. The summed E-state index contributed by atoms with van der Waals surface area (Å²) in [5.41, 5.74) is 3.04. The van der Waals surface area contributed by atoms with E-state index in [1.165, 1.54) is 6.07 Å². The topological polar surface area (TPSA) is 43.6 Å². The van der Waals surface area contributed by atoms with E-state index in [1.54, 1.807) is 22.0 Å². The van der Waals surface area contributed by atoms with Crippen LogP contribution in [0.4, 0.5) is 0 Å². The summed E-state index contributed by atoms with van der Waals surface area (Å²) in [6.45, 7) is 0. The third kappa shape index (κ3) is 5.40. The van der Waals surface area contributed by atoms with Crippen molar-refractivity contribution in [2.24, 2.45) is 0 Å². The zero-order valence-corrected chi connectivity index (χ0v) is 30.1. The zero-order valence-electron chi connectivity index (χ0n) is 40.3. The van der Waals surface area contributed by atoms with Crippen molar-refractivity contribution in [3.63, 3.8) is 0 Å². The van der Waals surface area contributed by atoms with E-state index >= 15 is 0 Å². The average molecular weight is 744 g/mol. The minimum absolute atomic E-state index is 0.0460. The first-order chi connectivity index (χ1) is 32.3. The molecule has 3 heterocycles. The number of nitrogens with zero attached hydrogens (tertiary/aromatic N) is 4. The smallest absolute Gasteiger partial charge is 0.166 e. The molecule has 0 spiro atoms. The lowest BCUT2D eigenvalue weighted by Gasteiger charge is -2.16. The SMILES string of the molecule is [2H]c1cc([2H])c2c(c1[2H])c1c([2H])c(-c3c([2H])c([2H])c([2H])c([2H])c3[2H])c([2H])c([2H])c1n2-c1ccc(-c2cccc3c2sc2ccccc23)cc1-c1nc(-c2ccccc2)nc(-c2ccccc2)n1. The Morgan fingerprint density at radius 2 is 1.12 bits per heavy atom. The van der Waals surface area contributed by atoms with Crippen LogP contribution < -0.4 is 0 Å². The van der Waals surface area contributed by atoms with Gasteiger partial charge in [0.1, 0.15) is 0 Å².